The van der Waals surface area contributed by atoms with Crippen molar-refractivity contribution in [2.75, 3.05) is 13.2 Å². The van der Waals surface area contributed by atoms with E-state index in [2.05, 4.69) is 0 Å². The van der Waals surface area contributed by atoms with Crippen LogP contribution in [0.5, 0.6) is 0 Å². The van der Waals surface area contributed by atoms with E-state index in [1.54, 1.807) is 0 Å². The highest BCUT2D eigenvalue weighted by molar-refractivity contribution is 5.85. The van der Waals surface area contributed by atoms with Gasteiger partial charge in [-0.1, -0.05) is 0 Å². The molecule has 2 heterocycles. The van der Waals surface area contributed by atoms with Crippen LogP contribution in [0, 0.1) is 0 Å². The molecule has 0 spiro atoms. The molecule has 0 saturated carbocycles. The van der Waals surface area contributed by atoms with Crippen LogP contribution in [0.25, 0.3) is 0 Å². The Bertz CT molecular complexity index is 249. The largest absolute Gasteiger partial charge is 0.393 e. The molecule has 5 heteroatoms. The highest BCUT2D eigenvalue weighted by Crippen LogP contribution is 2.18. The molecule has 2 fully saturated rings. The standard InChI is InChI=1S/C12H18O5/c13-11(7-9-3-1-5-15-9)17-12(14)8-10-4-2-6-16-10/h9-10H,1-8H2. The SMILES string of the molecule is O=C(CC1CCCO1)OC(=O)CC1CCCO1. The van der Waals surface area contributed by atoms with Gasteiger partial charge in [0, 0.05) is 13.2 Å². The third-order valence-corrected chi connectivity index (χ3v) is 3.06. The van der Waals surface area contributed by atoms with Gasteiger partial charge in [0.15, 0.2) is 0 Å². The van der Waals surface area contributed by atoms with Crippen LogP contribution in [0.4, 0.5) is 0 Å². The van der Waals surface area contributed by atoms with Crippen LogP contribution in [0.2, 0.25) is 0 Å². The second-order valence-electron chi connectivity index (χ2n) is 4.52. The van der Waals surface area contributed by atoms with E-state index in [0.29, 0.717) is 13.2 Å². The van der Waals surface area contributed by atoms with Gasteiger partial charge in [-0.05, 0) is 25.7 Å². The molecule has 0 amide bonds. The van der Waals surface area contributed by atoms with Crippen molar-refractivity contribution >= 4 is 11.9 Å². The average molecular weight is 242 g/mol. The maximum atomic E-state index is 11.4. The second kappa shape index (κ2) is 6.12. The van der Waals surface area contributed by atoms with Gasteiger partial charge in [0.2, 0.25) is 0 Å². The number of ether oxygens (including phenoxy) is 3. The molecule has 2 rings (SSSR count). The molecule has 0 aromatic carbocycles. The van der Waals surface area contributed by atoms with Crippen LogP contribution >= 0.6 is 0 Å². The molecule has 5 nitrogen and oxygen atoms in total. The Morgan fingerprint density at radius 1 is 0.941 bits per heavy atom. The van der Waals surface area contributed by atoms with Gasteiger partial charge in [-0.25, -0.2) is 0 Å². The number of carbonyl (C=O) groups excluding carboxylic acids is 2. The van der Waals surface area contributed by atoms with Crippen LogP contribution in [0.15, 0.2) is 0 Å². The summed E-state index contributed by atoms with van der Waals surface area (Å²) in [5.74, 6) is -0.972. The van der Waals surface area contributed by atoms with Crippen molar-refractivity contribution in [3.8, 4) is 0 Å². The van der Waals surface area contributed by atoms with Gasteiger partial charge in [-0.15, -0.1) is 0 Å². The zero-order valence-corrected chi connectivity index (χ0v) is 9.85. The van der Waals surface area contributed by atoms with Gasteiger partial charge < -0.3 is 14.2 Å². The van der Waals surface area contributed by atoms with Gasteiger partial charge in [0.05, 0.1) is 25.0 Å². The second-order valence-corrected chi connectivity index (χ2v) is 4.52. The molecule has 0 aromatic heterocycles. The molecule has 0 bridgehead atoms. The molecule has 2 atom stereocenters. The van der Waals surface area contributed by atoms with E-state index in [4.69, 9.17) is 14.2 Å². The number of rotatable bonds is 4. The monoisotopic (exact) mass is 242 g/mol. The predicted molar refractivity (Wildman–Crippen MR) is 58.3 cm³/mol. The number of hydrogen-bond acceptors (Lipinski definition) is 5. The zero-order valence-electron chi connectivity index (χ0n) is 9.85. The minimum atomic E-state index is -0.486. The van der Waals surface area contributed by atoms with E-state index in [9.17, 15) is 9.59 Å². The fourth-order valence-electron chi connectivity index (χ4n) is 2.19. The van der Waals surface area contributed by atoms with Crippen molar-refractivity contribution in [3.05, 3.63) is 0 Å². The summed E-state index contributed by atoms with van der Waals surface area (Å²) in [6, 6.07) is 0. The van der Waals surface area contributed by atoms with Crippen LogP contribution in [0.3, 0.4) is 0 Å². The molecule has 96 valence electrons. The first-order valence-electron chi connectivity index (χ1n) is 6.21. The number of hydrogen-bond donors (Lipinski definition) is 0. The van der Waals surface area contributed by atoms with Crippen molar-refractivity contribution in [2.45, 2.75) is 50.7 Å². The van der Waals surface area contributed by atoms with E-state index in [1.165, 1.54) is 0 Å². The summed E-state index contributed by atoms with van der Waals surface area (Å²) >= 11 is 0. The third-order valence-electron chi connectivity index (χ3n) is 3.06. The van der Waals surface area contributed by atoms with Crippen molar-refractivity contribution in [3.63, 3.8) is 0 Å². The lowest BCUT2D eigenvalue weighted by molar-refractivity contribution is -0.162. The molecule has 0 radical (unpaired) electrons. The van der Waals surface area contributed by atoms with E-state index in [0.717, 1.165) is 25.7 Å². The lowest BCUT2D eigenvalue weighted by Crippen LogP contribution is -2.21. The highest BCUT2D eigenvalue weighted by atomic mass is 16.6. The smallest absolute Gasteiger partial charge is 0.316 e. The van der Waals surface area contributed by atoms with Crippen LogP contribution in [-0.4, -0.2) is 37.4 Å². The Morgan fingerprint density at radius 3 is 1.76 bits per heavy atom. The van der Waals surface area contributed by atoms with Crippen molar-refractivity contribution in [1.82, 2.24) is 0 Å². The molecule has 2 unspecified atom stereocenters. The summed E-state index contributed by atoms with van der Waals surface area (Å²) in [7, 11) is 0. The summed E-state index contributed by atoms with van der Waals surface area (Å²) in [4.78, 5) is 22.8. The topological polar surface area (TPSA) is 61.8 Å². The molecular weight excluding hydrogens is 224 g/mol. The first kappa shape index (κ1) is 12.5. The molecule has 2 saturated heterocycles. The minimum absolute atomic E-state index is 0.0713. The predicted octanol–water partition coefficient (Wildman–Crippen LogP) is 1.19. The van der Waals surface area contributed by atoms with Gasteiger partial charge in [-0.3, -0.25) is 9.59 Å². The molecule has 17 heavy (non-hydrogen) atoms. The molecule has 2 aliphatic heterocycles. The van der Waals surface area contributed by atoms with Crippen molar-refractivity contribution in [2.24, 2.45) is 0 Å². The van der Waals surface area contributed by atoms with Crippen LogP contribution in [-0.2, 0) is 23.8 Å². The normalized spacial score (nSPS) is 28.2. The Kier molecular flexibility index (Phi) is 4.50. The first-order chi connectivity index (χ1) is 8.24. The van der Waals surface area contributed by atoms with Gasteiger partial charge in [0.1, 0.15) is 0 Å². The highest BCUT2D eigenvalue weighted by Gasteiger charge is 2.24. The number of carbonyl (C=O) groups is 2. The fraction of sp³-hybridized carbons (Fsp3) is 0.833. The van der Waals surface area contributed by atoms with Gasteiger partial charge >= 0.3 is 11.9 Å². The molecule has 0 aromatic rings. The van der Waals surface area contributed by atoms with Crippen molar-refractivity contribution in [1.29, 1.82) is 0 Å². The zero-order chi connectivity index (χ0) is 12.1. The van der Waals surface area contributed by atoms with Crippen molar-refractivity contribution < 1.29 is 23.8 Å². The van der Waals surface area contributed by atoms with E-state index < -0.39 is 11.9 Å². The molecule has 0 aliphatic carbocycles. The Balaban J connectivity index is 1.64. The molecule has 2 aliphatic rings. The minimum Gasteiger partial charge on any atom is -0.393 e. The molecule has 0 N–H and O–H groups in total. The maximum Gasteiger partial charge on any atom is 0.316 e. The molecular formula is C12H18O5. The third kappa shape index (κ3) is 4.09. The van der Waals surface area contributed by atoms with Crippen LogP contribution in [0.1, 0.15) is 38.5 Å². The Hall–Kier alpha value is -0.940. The lowest BCUT2D eigenvalue weighted by atomic mass is 10.2. The summed E-state index contributed by atoms with van der Waals surface area (Å²) < 4.78 is 15.3. The maximum absolute atomic E-state index is 11.4. The van der Waals surface area contributed by atoms with Gasteiger partial charge in [0.25, 0.3) is 0 Å². The first-order valence-corrected chi connectivity index (χ1v) is 6.21. The van der Waals surface area contributed by atoms with Crippen LogP contribution < -0.4 is 0 Å². The lowest BCUT2D eigenvalue weighted by Gasteiger charge is -2.10. The van der Waals surface area contributed by atoms with Gasteiger partial charge in [-0.2, -0.15) is 0 Å². The Labute approximate surface area is 100 Å². The quantitative estimate of drug-likeness (QED) is 0.547. The summed E-state index contributed by atoms with van der Waals surface area (Å²) in [5, 5.41) is 0. The van der Waals surface area contributed by atoms with E-state index in [-0.39, 0.29) is 25.0 Å². The Morgan fingerprint density at radius 2 is 1.41 bits per heavy atom. The van der Waals surface area contributed by atoms with E-state index in [1.807, 2.05) is 0 Å². The average Bonchev–Trinajstić information content (AvgIpc) is 2.90. The summed E-state index contributed by atoms with van der Waals surface area (Å²) in [6.45, 7) is 1.39. The number of esters is 2. The summed E-state index contributed by atoms with van der Waals surface area (Å²) in [5.41, 5.74) is 0. The fourth-order valence-corrected chi connectivity index (χ4v) is 2.19. The summed E-state index contributed by atoms with van der Waals surface area (Å²) in [6.07, 6.45) is 3.90. The van der Waals surface area contributed by atoms with E-state index >= 15 is 0 Å².